The Kier molecular flexibility index (Phi) is 4.11. The second-order valence-electron chi connectivity index (χ2n) is 5.34. The molecule has 116 valence electrons. The van der Waals surface area contributed by atoms with Gasteiger partial charge in [-0.2, -0.15) is 0 Å². The van der Waals surface area contributed by atoms with Crippen molar-refractivity contribution in [2.45, 2.75) is 12.5 Å². The van der Waals surface area contributed by atoms with Crippen LogP contribution in [0.2, 0.25) is 0 Å². The van der Waals surface area contributed by atoms with E-state index in [2.05, 4.69) is 15.1 Å². The van der Waals surface area contributed by atoms with Crippen LogP contribution < -0.4 is 20.1 Å². The number of benzene rings is 1. The van der Waals surface area contributed by atoms with Crippen molar-refractivity contribution in [1.82, 2.24) is 10.2 Å². The van der Waals surface area contributed by atoms with E-state index in [0.29, 0.717) is 5.75 Å². The number of ether oxygens (including phenoxy) is 2. The summed E-state index contributed by atoms with van der Waals surface area (Å²) in [5.41, 5.74) is 7.59. The molecule has 1 fully saturated rings. The molecule has 3 rings (SSSR count). The van der Waals surface area contributed by atoms with Crippen LogP contribution in [-0.2, 0) is 0 Å². The average Bonchev–Trinajstić information content (AvgIpc) is 3.01. The van der Waals surface area contributed by atoms with Crippen LogP contribution in [0, 0.1) is 0 Å². The van der Waals surface area contributed by atoms with Gasteiger partial charge in [0.2, 0.25) is 0 Å². The molecule has 0 radical (unpaired) electrons. The van der Waals surface area contributed by atoms with E-state index in [1.54, 1.807) is 14.2 Å². The van der Waals surface area contributed by atoms with E-state index in [1.807, 2.05) is 30.3 Å². The van der Waals surface area contributed by atoms with Crippen LogP contribution in [0.3, 0.4) is 0 Å². The maximum absolute atomic E-state index is 5.93. The maximum Gasteiger partial charge on any atom is 0.151 e. The van der Waals surface area contributed by atoms with Crippen LogP contribution in [-0.4, -0.2) is 43.5 Å². The third-order valence-corrected chi connectivity index (χ3v) is 3.88. The molecular formula is C16H20N4O2. The fraction of sp³-hybridized carbons (Fsp3) is 0.375. The molecular weight excluding hydrogens is 280 g/mol. The first-order chi connectivity index (χ1) is 10.7. The van der Waals surface area contributed by atoms with Crippen molar-refractivity contribution in [1.29, 1.82) is 0 Å². The number of hydrogen-bond donors (Lipinski definition) is 1. The minimum Gasteiger partial charge on any atom is -0.497 e. The molecule has 0 bridgehead atoms. The zero-order chi connectivity index (χ0) is 15.5. The highest BCUT2D eigenvalue weighted by molar-refractivity contribution is 5.68. The molecule has 1 aliphatic rings. The number of hydrogen-bond acceptors (Lipinski definition) is 6. The lowest BCUT2D eigenvalue weighted by Crippen LogP contribution is -2.27. The summed E-state index contributed by atoms with van der Waals surface area (Å²) in [5, 5.41) is 8.65. The fourth-order valence-electron chi connectivity index (χ4n) is 2.64. The van der Waals surface area contributed by atoms with Crippen LogP contribution in [0.5, 0.6) is 11.5 Å². The highest BCUT2D eigenvalue weighted by Gasteiger charge is 2.20. The van der Waals surface area contributed by atoms with Crippen molar-refractivity contribution < 1.29 is 9.47 Å². The van der Waals surface area contributed by atoms with Gasteiger partial charge in [-0.1, -0.05) is 0 Å². The Bertz CT molecular complexity index is 645. The molecule has 1 unspecified atom stereocenters. The van der Waals surface area contributed by atoms with Crippen molar-refractivity contribution in [2.75, 3.05) is 32.2 Å². The van der Waals surface area contributed by atoms with Crippen LogP contribution in [0.4, 0.5) is 5.82 Å². The van der Waals surface area contributed by atoms with Crippen LogP contribution in [0.15, 0.2) is 30.3 Å². The first-order valence-electron chi connectivity index (χ1n) is 7.28. The molecule has 0 spiro atoms. The number of aromatic nitrogens is 2. The quantitative estimate of drug-likeness (QED) is 0.926. The number of nitrogens with zero attached hydrogens (tertiary/aromatic N) is 3. The molecule has 22 heavy (non-hydrogen) atoms. The van der Waals surface area contributed by atoms with E-state index in [1.165, 1.54) is 0 Å². The van der Waals surface area contributed by atoms with Gasteiger partial charge in [-0.15, -0.1) is 10.2 Å². The molecule has 1 aliphatic heterocycles. The Labute approximate surface area is 129 Å². The lowest BCUT2D eigenvalue weighted by molar-refractivity contribution is 0.395. The van der Waals surface area contributed by atoms with Crippen LogP contribution >= 0.6 is 0 Å². The van der Waals surface area contributed by atoms with Gasteiger partial charge in [-0.25, -0.2) is 0 Å². The topological polar surface area (TPSA) is 73.5 Å². The first-order valence-corrected chi connectivity index (χ1v) is 7.28. The molecule has 1 aromatic heterocycles. The Morgan fingerprint density at radius 1 is 1.14 bits per heavy atom. The minimum absolute atomic E-state index is 0.225. The van der Waals surface area contributed by atoms with E-state index < -0.39 is 0 Å². The van der Waals surface area contributed by atoms with Gasteiger partial charge < -0.3 is 20.1 Å². The number of methoxy groups -OCH3 is 2. The summed E-state index contributed by atoms with van der Waals surface area (Å²) < 4.78 is 10.6. The van der Waals surface area contributed by atoms with E-state index in [-0.39, 0.29) is 6.04 Å². The SMILES string of the molecule is COc1ccc(-c2ccc(N3CCC(N)C3)nn2)c(OC)c1. The van der Waals surface area contributed by atoms with Gasteiger partial charge in [-0.3, -0.25) is 0 Å². The Balaban J connectivity index is 1.86. The second-order valence-corrected chi connectivity index (χ2v) is 5.34. The third-order valence-electron chi connectivity index (χ3n) is 3.88. The van der Waals surface area contributed by atoms with Crippen molar-refractivity contribution in [3.8, 4) is 22.8 Å². The lowest BCUT2D eigenvalue weighted by Gasteiger charge is -2.16. The van der Waals surface area contributed by atoms with Gasteiger partial charge in [-0.05, 0) is 30.7 Å². The summed E-state index contributed by atoms with van der Waals surface area (Å²) >= 11 is 0. The fourth-order valence-corrected chi connectivity index (χ4v) is 2.64. The molecule has 1 atom stereocenters. The lowest BCUT2D eigenvalue weighted by atomic mass is 10.1. The molecule has 1 aromatic carbocycles. The summed E-state index contributed by atoms with van der Waals surface area (Å²) in [5.74, 6) is 2.32. The van der Waals surface area contributed by atoms with Crippen molar-refractivity contribution >= 4 is 5.82 Å². The van der Waals surface area contributed by atoms with E-state index in [9.17, 15) is 0 Å². The Morgan fingerprint density at radius 3 is 2.59 bits per heavy atom. The highest BCUT2D eigenvalue weighted by atomic mass is 16.5. The average molecular weight is 300 g/mol. The number of rotatable bonds is 4. The van der Waals surface area contributed by atoms with Gasteiger partial charge in [0.25, 0.3) is 0 Å². The van der Waals surface area contributed by atoms with E-state index in [4.69, 9.17) is 15.2 Å². The standard InChI is InChI=1S/C16H20N4O2/c1-21-12-3-4-13(15(9-12)22-2)14-5-6-16(19-18-14)20-8-7-11(17)10-20/h3-6,9,11H,7-8,10,17H2,1-2H3. The normalized spacial score (nSPS) is 17.6. The molecule has 0 aliphatic carbocycles. The van der Waals surface area contributed by atoms with Gasteiger partial charge in [0.15, 0.2) is 5.82 Å². The summed E-state index contributed by atoms with van der Waals surface area (Å²) in [6, 6.07) is 9.80. The van der Waals surface area contributed by atoms with Crippen LogP contribution in [0.25, 0.3) is 11.3 Å². The minimum atomic E-state index is 0.225. The highest BCUT2D eigenvalue weighted by Crippen LogP contribution is 2.32. The Morgan fingerprint density at radius 2 is 2.00 bits per heavy atom. The smallest absolute Gasteiger partial charge is 0.151 e. The Hall–Kier alpha value is -2.34. The molecule has 2 N–H and O–H groups in total. The number of anilines is 1. The van der Waals surface area contributed by atoms with Gasteiger partial charge in [0.1, 0.15) is 11.5 Å². The monoisotopic (exact) mass is 300 g/mol. The molecule has 6 heteroatoms. The summed E-state index contributed by atoms with van der Waals surface area (Å²) in [6.45, 7) is 1.76. The van der Waals surface area contributed by atoms with Crippen molar-refractivity contribution in [3.63, 3.8) is 0 Å². The molecule has 1 saturated heterocycles. The van der Waals surface area contributed by atoms with Gasteiger partial charge in [0, 0.05) is 30.8 Å². The second kappa shape index (κ2) is 6.19. The largest absolute Gasteiger partial charge is 0.497 e. The summed E-state index contributed by atoms with van der Waals surface area (Å²) in [6.07, 6.45) is 0.996. The van der Waals surface area contributed by atoms with Crippen molar-refractivity contribution in [3.05, 3.63) is 30.3 Å². The summed E-state index contributed by atoms with van der Waals surface area (Å²) in [7, 11) is 3.26. The zero-order valence-corrected chi connectivity index (χ0v) is 12.8. The van der Waals surface area contributed by atoms with E-state index >= 15 is 0 Å². The van der Waals surface area contributed by atoms with Gasteiger partial charge >= 0.3 is 0 Å². The predicted molar refractivity (Wildman–Crippen MR) is 85.4 cm³/mol. The molecule has 0 amide bonds. The molecule has 6 nitrogen and oxygen atoms in total. The predicted octanol–water partition coefficient (Wildman–Crippen LogP) is 1.70. The molecule has 2 heterocycles. The molecule has 2 aromatic rings. The maximum atomic E-state index is 5.93. The van der Waals surface area contributed by atoms with Crippen LogP contribution in [0.1, 0.15) is 6.42 Å². The zero-order valence-electron chi connectivity index (χ0n) is 12.8. The van der Waals surface area contributed by atoms with Crippen molar-refractivity contribution in [2.24, 2.45) is 5.73 Å². The van der Waals surface area contributed by atoms with E-state index in [0.717, 1.165) is 42.3 Å². The first kappa shape index (κ1) is 14.6. The summed E-state index contributed by atoms with van der Waals surface area (Å²) in [4.78, 5) is 2.16. The van der Waals surface area contributed by atoms with Gasteiger partial charge in [0.05, 0.1) is 19.9 Å². The molecule has 0 saturated carbocycles. The number of nitrogens with two attached hydrogens (primary N) is 1. The third kappa shape index (κ3) is 2.82.